The number of aromatic nitrogens is 3. The van der Waals surface area contributed by atoms with E-state index in [1.165, 1.54) is 18.4 Å². The highest BCUT2D eigenvalue weighted by molar-refractivity contribution is 6.39. The topological polar surface area (TPSA) is 158 Å². The second-order valence-electron chi connectivity index (χ2n) is 12.4. The molecule has 0 saturated carbocycles. The van der Waals surface area contributed by atoms with Gasteiger partial charge in [-0.05, 0) is 43.2 Å². The maximum atomic E-state index is 13.2. The average molecular weight is 732 g/mol. The van der Waals surface area contributed by atoms with Crippen molar-refractivity contribution in [2.45, 2.75) is 45.0 Å². The Morgan fingerprint density at radius 3 is 2.43 bits per heavy atom. The van der Waals surface area contributed by atoms with Crippen LogP contribution in [0, 0.1) is 0 Å². The van der Waals surface area contributed by atoms with Gasteiger partial charge in [0.15, 0.2) is 0 Å². The number of benzene rings is 2. The molecule has 0 aliphatic carbocycles. The summed E-state index contributed by atoms with van der Waals surface area (Å²) in [4.78, 5) is 46.7. The lowest BCUT2D eigenvalue weighted by molar-refractivity contribution is -0.119. The summed E-state index contributed by atoms with van der Waals surface area (Å²) in [5, 5.41) is 26.3. The Morgan fingerprint density at radius 1 is 1.06 bits per heavy atom. The van der Waals surface area contributed by atoms with Crippen molar-refractivity contribution >= 4 is 40.8 Å². The van der Waals surface area contributed by atoms with Crippen LogP contribution in [0.2, 0.25) is 10.0 Å². The van der Waals surface area contributed by atoms with Crippen LogP contribution in [-0.2, 0) is 17.9 Å². The number of methoxy groups -OCH3 is 1. The smallest absolute Gasteiger partial charge is 0.407 e. The van der Waals surface area contributed by atoms with Gasteiger partial charge in [0.05, 0.1) is 42.0 Å². The molecule has 51 heavy (non-hydrogen) atoms. The molecule has 1 fully saturated rings. The summed E-state index contributed by atoms with van der Waals surface area (Å²) in [7, 11) is 1.45. The maximum Gasteiger partial charge on any atom is 0.407 e. The third kappa shape index (κ3) is 7.84. The molecule has 2 amide bonds. The number of pyridine rings is 2. The number of hydrogen-bond acceptors (Lipinski definition) is 8. The fourth-order valence-electron chi connectivity index (χ4n) is 6.17. The minimum atomic E-state index is -1.17. The van der Waals surface area contributed by atoms with Crippen LogP contribution in [0.5, 0.6) is 5.88 Å². The summed E-state index contributed by atoms with van der Waals surface area (Å²) in [5.74, 6) is 0.282. The van der Waals surface area contributed by atoms with Crippen LogP contribution in [-0.4, -0.2) is 73.8 Å². The van der Waals surface area contributed by atoms with Crippen LogP contribution in [0.25, 0.3) is 39.2 Å². The molecule has 14 heteroatoms. The van der Waals surface area contributed by atoms with Gasteiger partial charge >= 0.3 is 6.09 Å². The number of carboxylic acid groups (broad SMARTS) is 1. The molecule has 2 atom stereocenters. The van der Waals surface area contributed by atoms with Crippen molar-refractivity contribution in [3.05, 3.63) is 105 Å². The van der Waals surface area contributed by atoms with Gasteiger partial charge < -0.3 is 30.5 Å². The number of fused-ring (bicyclic) bond motifs is 1. The van der Waals surface area contributed by atoms with E-state index in [9.17, 15) is 24.6 Å². The van der Waals surface area contributed by atoms with Crippen molar-refractivity contribution in [1.29, 1.82) is 0 Å². The van der Waals surface area contributed by atoms with Crippen LogP contribution in [0.15, 0.2) is 77.9 Å². The monoisotopic (exact) mass is 730 g/mol. The van der Waals surface area contributed by atoms with E-state index >= 15 is 0 Å². The number of carbonyl (C=O) groups excluding carboxylic acids is 1. The van der Waals surface area contributed by atoms with E-state index < -0.39 is 12.2 Å². The Balaban J connectivity index is 1.26. The fraction of sp³-hybridized carbons (Fsp3) is 0.270. The van der Waals surface area contributed by atoms with Crippen LogP contribution >= 0.6 is 23.2 Å². The van der Waals surface area contributed by atoms with Gasteiger partial charge in [-0.15, -0.1) is 0 Å². The lowest BCUT2D eigenvalue weighted by Crippen LogP contribution is -2.36. The van der Waals surface area contributed by atoms with Crippen molar-refractivity contribution in [1.82, 2.24) is 29.9 Å². The van der Waals surface area contributed by atoms with E-state index in [0.29, 0.717) is 68.7 Å². The summed E-state index contributed by atoms with van der Waals surface area (Å²) in [6.07, 6.45) is 2.53. The van der Waals surface area contributed by atoms with Crippen molar-refractivity contribution < 1.29 is 24.5 Å². The molecule has 1 aliphatic heterocycles. The number of aliphatic hydroxyl groups excluding tert-OH is 1. The van der Waals surface area contributed by atoms with Gasteiger partial charge in [-0.1, -0.05) is 59.6 Å². The second kappa shape index (κ2) is 15.5. The lowest BCUT2D eigenvalue weighted by atomic mass is 9.97. The minimum Gasteiger partial charge on any atom is -0.481 e. The predicted octanol–water partition coefficient (Wildman–Crippen LogP) is 5.63. The molecule has 0 radical (unpaired) electrons. The normalized spacial score (nSPS) is 14.8. The number of ether oxygens (including phenoxy) is 1. The van der Waals surface area contributed by atoms with Crippen molar-refractivity contribution in [3.8, 4) is 39.4 Å². The Bertz CT molecular complexity index is 2170. The summed E-state index contributed by atoms with van der Waals surface area (Å²) < 4.78 is 7.01. The van der Waals surface area contributed by atoms with Crippen molar-refractivity contribution in [2.24, 2.45) is 0 Å². The fourth-order valence-corrected chi connectivity index (χ4v) is 6.83. The molecule has 0 bridgehead atoms. The molecule has 4 heterocycles. The number of rotatable bonds is 12. The molecule has 2 aromatic carbocycles. The van der Waals surface area contributed by atoms with E-state index in [2.05, 4.69) is 20.6 Å². The molecule has 0 spiro atoms. The van der Waals surface area contributed by atoms with E-state index in [1.807, 2.05) is 42.5 Å². The number of nitrogens with one attached hydrogen (secondary N) is 2. The Morgan fingerprint density at radius 2 is 1.76 bits per heavy atom. The number of halogens is 2. The Labute approximate surface area is 303 Å². The minimum absolute atomic E-state index is 0.0213. The Hall–Kier alpha value is -5.01. The Kier molecular flexibility index (Phi) is 10.9. The number of nitrogens with zero attached hydrogens (tertiary/aromatic N) is 4. The molecular weight excluding hydrogens is 695 g/mol. The van der Waals surface area contributed by atoms with Crippen molar-refractivity contribution in [2.75, 3.05) is 20.2 Å². The van der Waals surface area contributed by atoms with E-state index in [0.717, 1.165) is 22.4 Å². The van der Waals surface area contributed by atoms with Crippen molar-refractivity contribution in [3.63, 3.8) is 0 Å². The molecule has 1 saturated heterocycles. The molecule has 12 nitrogen and oxygen atoms in total. The lowest BCUT2D eigenvalue weighted by Gasteiger charge is -2.22. The second-order valence-corrected chi connectivity index (χ2v) is 13.1. The van der Waals surface area contributed by atoms with Gasteiger partial charge in [0, 0.05) is 71.3 Å². The zero-order chi connectivity index (χ0) is 36.2. The van der Waals surface area contributed by atoms with Gasteiger partial charge in [0.2, 0.25) is 11.8 Å². The zero-order valence-corrected chi connectivity index (χ0v) is 29.4. The predicted molar refractivity (Wildman–Crippen MR) is 195 cm³/mol. The highest BCUT2D eigenvalue weighted by atomic mass is 35.5. The number of amides is 2. The summed E-state index contributed by atoms with van der Waals surface area (Å²) in [6, 6.07) is 18.3. The van der Waals surface area contributed by atoms with Crippen LogP contribution in [0.4, 0.5) is 4.79 Å². The third-order valence-corrected chi connectivity index (χ3v) is 9.51. The van der Waals surface area contributed by atoms with Gasteiger partial charge in [-0.3, -0.25) is 14.0 Å². The first-order chi connectivity index (χ1) is 24.5. The number of carbonyl (C=O) groups is 2. The molecule has 4 N–H and O–H groups in total. The largest absolute Gasteiger partial charge is 0.481 e. The SMILES string of the molecule is COc1nc(-c2cccc(-c3cccc(-c4ccn5c(=O)c(CNC[C@@H]6CCC(=O)N6)cnc5c4)c3Cl)c2Cl)ccc1CN(C[C@@H](C)O)C(=O)O. The first-order valence-electron chi connectivity index (χ1n) is 16.3. The van der Waals surface area contributed by atoms with Gasteiger partial charge in [-0.25, -0.2) is 14.8 Å². The highest BCUT2D eigenvalue weighted by Crippen LogP contribution is 2.42. The standard InChI is InChI=1S/C37H36Cl2N6O6/c1-21(46)19-44(37(49)50)20-23-9-11-30(43-35(23)51-2)29-8-4-7-28(34(29)39)27-6-3-5-26(33(27)38)22-13-14-45-31(15-22)41-17-24(36(45)48)16-40-18-25-10-12-32(47)42-25/h3-9,11,13-15,17,21,25,40,46H,10,12,16,18-20H2,1-2H3,(H,42,47)(H,49,50)/t21-,25+/m1/s1. The van der Waals surface area contributed by atoms with E-state index in [-0.39, 0.29) is 36.5 Å². The van der Waals surface area contributed by atoms with E-state index in [1.54, 1.807) is 30.6 Å². The van der Waals surface area contributed by atoms with Crippen LogP contribution in [0.3, 0.4) is 0 Å². The zero-order valence-electron chi connectivity index (χ0n) is 27.9. The molecule has 0 unspecified atom stereocenters. The maximum absolute atomic E-state index is 13.2. The van der Waals surface area contributed by atoms with Crippen LogP contribution in [0.1, 0.15) is 30.9 Å². The number of hydrogen-bond donors (Lipinski definition) is 4. The van der Waals surface area contributed by atoms with E-state index in [4.69, 9.17) is 27.9 Å². The van der Waals surface area contributed by atoms with Gasteiger partial charge in [0.25, 0.3) is 5.56 Å². The molecular formula is C37H36Cl2N6O6. The summed E-state index contributed by atoms with van der Waals surface area (Å²) >= 11 is 14.1. The molecule has 5 aromatic rings. The first-order valence-corrected chi connectivity index (χ1v) is 17.1. The quantitative estimate of drug-likeness (QED) is 0.128. The summed E-state index contributed by atoms with van der Waals surface area (Å²) in [6.45, 7) is 2.34. The summed E-state index contributed by atoms with van der Waals surface area (Å²) in [5.41, 5.74) is 5.29. The molecule has 264 valence electrons. The molecule has 3 aromatic heterocycles. The first kappa shape index (κ1) is 35.8. The molecule has 1 aliphatic rings. The van der Waals surface area contributed by atoms with Gasteiger partial charge in [0.1, 0.15) is 5.65 Å². The van der Waals surface area contributed by atoms with Crippen LogP contribution < -0.4 is 20.9 Å². The number of aliphatic hydroxyl groups is 1. The average Bonchev–Trinajstić information content (AvgIpc) is 3.53. The third-order valence-electron chi connectivity index (χ3n) is 8.70. The molecule has 6 rings (SSSR count). The van der Waals surface area contributed by atoms with Gasteiger partial charge in [-0.2, -0.15) is 0 Å². The highest BCUT2D eigenvalue weighted by Gasteiger charge is 2.22.